The number of rotatable bonds is 4. The topological polar surface area (TPSA) is 55.4 Å². The summed E-state index contributed by atoms with van der Waals surface area (Å²) in [7, 11) is 0. The van der Waals surface area contributed by atoms with Crippen LogP contribution in [0.25, 0.3) is 0 Å². The molecular formula is C16H28O6. The van der Waals surface area contributed by atoms with Crippen molar-refractivity contribution in [3.05, 3.63) is 0 Å². The van der Waals surface area contributed by atoms with Crippen molar-refractivity contribution in [2.45, 2.75) is 89.7 Å². The highest BCUT2D eigenvalue weighted by molar-refractivity contribution is 4.99. The molecule has 0 N–H and O–H groups in total. The SMILES string of the molecule is CCCCOC1OC2COC(C)(C)O[C@H]2[C@@H]2OC(C)(C)OC12. The molecule has 0 aromatic heterocycles. The zero-order valence-electron chi connectivity index (χ0n) is 14.2. The van der Waals surface area contributed by atoms with Crippen molar-refractivity contribution < 1.29 is 28.4 Å². The Morgan fingerprint density at radius 1 is 0.955 bits per heavy atom. The van der Waals surface area contributed by atoms with Gasteiger partial charge in [-0.1, -0.05) is 13.3 Å². The van der Waals surface area contributed by atoms with Crippen molar-refractivity contribution in [1.29, 1.82) is 0 Å². The van der Waals surface area contributed by atoms with Crippen molar-refractivity contribution in [1.82, 2.24) is 0 Å². The highest BCUT2D eigenvalue weighted by Crippen LogP contribution is 2.42. The number of hydrogen-bond donors (Lipinski definition) is 0. The van der Waals surface area contributed by atoms with Crippen molar-refractivity contribution in [3.8, 4) is 0 Å². The van der Waals surface area contributed by atoms with Crippen LogP contribution in [0.15, 0.2) is 0 Å². The molecular weight excluding hydrogens is 288 g/mol. The van der Waals surface area contributed by atoms with Crippen LogP contribution in [0.5, 0.6) is 0 Å². The second-order valence-corrected chi connectivity index (χ2v) is 7.13. The molecule has 3 heterocycles. The Morgan fingerprint density at radius 2 is 1.64 bits per heavy atom. The van der Waals surface area contributed by atoms with Gasteiger partial charge in [-0.2, -0.15) is 0 Å². The van der Waals surface area contributed by atoms with Gasteiger partial charge in [-0.25, -0.2) is 0 Å². The summed E-state index contributed by atoms with van der Waals surface area (Å²) >= 11 is 0. The zero-order chi connectivity index (χ0) is 16.0. The van der Waals surface area contributed by atoms with E-state index >= 15 is 0 Å². The fraction of sp³-hybridized carbons (Fsp3) is 1.00. The van der Waals surface area contributed by atoms with Crippen LogP contribution in [0.2, 0.25) is 0 Å². The van der Waals surface area contributed by atoms with Crippen LogP contribution in [-0.2, 0) is 28.4 Å². The molecule has 128 valence electrons. The van der Waals surface area contributed by atoms with Crippen LogP contribution in [0, 0.1) is 0 Å². The van der Waals surface area contributed by atoms with Gasteiger partial charge < -0.3 is 28.4 Å². The minimum absolute atomic E-state index is 0.196. The lowest BCUT2D eigenvalue weighted by Crippen LogP contribution is -2.63. The normalized spacial score (nSPS) is 42.7. The lowest BCUT2D eigenvalue weighted by atomic mass is 9.97. The van der Waals surface area contributed by atoms with Crippen LogP contribution < -0.4 is 0 Å². The molecule has 0 aromatic rings. The second-order valence-electron chi connectivity index (χ2n) is 7.13. The smallest absolute Gasteiger partial charge is 0.187 e. The van der Waals surface area contributed by atoms with Crippen LogP contribution in [0.3, 0.4) is 0 Å². The standard InChI is InChI=1S/C16H28O6/c1-6-7-8-17-14-13-12(21-16(4,5)22-13)11-10(19-14)9-18-15(2,3)20-11/h10-14H,6-9H2,1-5H3/t10?,11-,12+,13?,14?/m1/s1. The summed E-state index contributed by atoms with van der Waals surface area (Å²) in [6.07, 6.45) is 0.754. The molecule has 0 bridgehead atoms. The Balaban J connectivity index is 1.75. The van der Waals surface area contributed by atoms with Gasteiger partial charge in [0.15, 0.2) is 17.9 Å². The first-order valence-electron chi connectivity index (χ1n) is 8.26. The van der Waals surface area contributed by atoms with Crippen LogP contribution in [-0.4, -0.2) is 55.5 Å². The lowest BCUT2D eigenvalue weighted by Gasteiger charge is -2.48. The molecule has 0 saturated carbocycles. The number of unbranched alkanes of at least 4 members (excludes halogenated alkanes) is 1. The van der Waals surface area contributed by atoms with E-state index in [2.05, 4.69) is 6.92 Å². The molecule has 3 rings (SSSR count). The summed E-state index contributed by atoms with van der Waals surface area (Å²) in [4.78, 5) is 0. The maximum atomic E-state index is 6.09. The van der Waals surface area contributed by atoms with E-state index in [9.17, 15) is 0 Å². The molecule has 5 atom stereocenters. The van der Waals surface area contributed by atoms with Crippen molar-refractivity contribution in [2.75, 3.05) is 13.2 Å². The molecule has 3 aliphatic rings. The van der Waals surface area contributed by atoms with E-state index in [4.69, 9.17) is 28.4 Å². The van der Waals surface area contributed by atoms with E-state index in [1.807, 2.05) is 27.7 Å². The monoisotopic (exact) mass is 316 g/mol. The molecule has 6 heteroatoms. The van der Waals surface area contributed by atoms with Gasteiger partial charge in [0.2, 0.25) is 0 Å². The van der Waals surface area contributed by atoms with Gasteiger partial charge >= 0.3 is 0 Å². The number of ether oxygens (including phenoxy) is 6. The number of fused-ring (bicyclic) bond motifs is 3. The molecule has 0 aliphatic carbocycles. The Labute approximate surface area is 132 Å². The van der Waals surface area contributed by atoms with Gasteiger partial charge in [0.25, 0.3) is 0 Å². The summed E-state index contributed by atoms with van der Waals surface area (Å²) in [5.74, 6) is -1.30. The first-order valence-corrected chi connectivity index (χ1v) is 8.26. The average Bonchev–Trinajstić information content (AvgIpc) is 2.75. The Hall–Kier alpha value is -0.240. The minimum Gasteiger partial charge on any atom is -0.350 e. The third-order valence-electron chi connectivity index (χ3n) is 4.23. The molecule has 0 radical (unpaired) electrons. The van der Waals surface area contributed by atoms with Crippen molar-refractivity contribution in [2.24, 2.45) is 0 Å². The third-order valence-corrected chi connectivity index (χ3v) is 4.23. The highest BCUT2D eigenvalue weighted by Gasteiger charge is 2.58. The Bertz CT molecular complexity index is 396. The predicted molar refractivity (Wildman–Crippen MR) is 78.3 cm³/mol. The maximum absolute atomic E-state index is 6.09. The van der Waals surface area contributed by atoms with Crippen LogP contribution in [0.4, 0.5) is 0 Å². The predicted octanol–water partition coefficient (Wildman–Crippen LogP) is 2.20. The summed E-state index contributed by atoms with van der Waals surface area (Å²) in [5, 5.41) is 0. The van der Waals surface area contributed by atoms with E-state index in [0.29, 0.717) is 13.2 Å². The lowest BCUT2D eigenvalue weighted by molar-refractivity contribution is -0.370. The summed E-state index contributed by atoms with van der Waals surface area (Å²) < 4.78 is 35.8. The second kappa shape index (κ2) is 6.00. The van der Waals surface area contributed by atoms with E-state index < -0.39 is 17.9 Å². The fourth-order valence-corrected chi connectivity index (χ4v) is 3.22. The molecule has 0 amide bonds. The molecule has 3 saturated heterocycles. The largest absolute Gasteiger partial charge is 0.350 e. The van der Waals surface area contributed by atoms with Crippen molar-refractivity contribution in [3.63, 3.8) is 0 Å². The maximum Gasteiger partial charge on any atom is 0.187 e. The average molecular weight is 316 g/mol. The van der Waals surface area contributed by atoms with Gasteiger partial charge in [0.05, 0.1) is 6.61 Å². The highest BCUT2D eigenvalue weighted by atomic mass is 16.8. The molecule has 0 spiro atoms. The first-order chi connectivity index (χ1) is 10.3. The van der Waals surface area contributed by atoms with Gasteiger partial charge in [-0.05, 0) is 34.1 Å². The minimum atomic E-state index is -0.661. The first kappa shape index (κ1) is 16.6. The Morgan fingerprint density at radius 3 is 2.36 bits per heavy atom. The molecule has 3 aliphatic heterocycles. The molecule has 3 fully saturated rings. The van der Waals surface area contributed by atoms with Crippen LogP contribution >= 0.6 is 0 Å². The van der Waals surface area contributed by atoms with E-state index in [-0.39, 0.29) is 24.4 Å². The van der Waals surface area contributed by atoms with Gasteiger partial charge in [0.1, 0.15) is 24.4 Å². The summed E-state index contributed by atoms with van der Waals surface area (Å²) in [6, 6.07) is 0. The van der Waals surface area contributed by atoms with Crippen molar-refractivity contribution >= 4 is 0 Å². The van der Waals surface area contributed by atoms with E-state index in [1.165, 1.54) is 0 Å². The summed E-state index contributed by atoms with van der Waals surface area (Å²) in [5.41, 5.74) is 0. The molecule has 6 nitrogen and oxygen atoms in total. The van der Waals surface area contributed by atoms with E-state index in [0.717, 1.165) is 12.8 Å². The Kier molecular flexibility index (Phi) is 4.53. The van der Waals surface area contributed by atoms with Gasteiger partial charge in [-0.3, -0.25) is 0 Å². The molecule has 3 unspecified atom stereocenters. The molecule has 0 aromatic carbocycles. The summed E-state index contributed by atoms with van der Waals surface area (Å²) in [6.45, 7) is 10.9. The fourth-order valence-electron chi connectivity index (χ4n) is 3.22. The third kappa shape index (κ3) is 3.32. The van der Waals surface area contributed by atoms with Gasteiger partial charge in [-0.15, -0.1) is 0 Å². The quantitative estimate of drug-likeness (QED) is 0.741. The molecule has 22 heavy (non-hydrogen) atoms. The van der Waals surface area contributed by atoms with Gasteiger partial charge in [0, 0.05) is 6.61 Å². The van der Waals surface area contributed by atoms with E-state index in [1.54, 1.807) is 0 Å². The van der Waals surface area contributed by atoms with Crippen LogP contribution in [0.1, 0.15) is 47.5 Å². The zero-order valence-corrected chi connectivity index (χ0v) is 14.2. The number of hydrogen-bond acceptors (Lipinski definition) is 6.